The summed E-state index contributed by atoms with van der Waals surface area (Å²) in [6.07, 6.45) is 1.05. The van der Waals surface area contributed by atoms with Gasteiger partial charge < -0.3 is 24.5 Å². The lowest BCUT2D eigenvalue weighted by molar-refractivity contribution is -0.677. The normalized spacial score (nSPS) is 12.2. The lowest BCUT2D eigenvalue weighted by Gasteiger charge is -2.27. The Hall–Kier alpha value is -3.47. The molecule has 0 spiro atoms. The van der Waals surface area contributed by atoms with Gasteiger partial charge in [0.15, 0.2) is 12.2 Å². The number of aryl methyl sites for hydroxylation is 2. The Bertz CT molecular complexity index is 968. The van der Waals surface area contributed by atoms with Crippen LogP contribution in [0.2, 0.25) is 0 Å². The fraction of sp³-hybridized carbons (Fsp3) is 0.261. The number of aliphatic carboxylic acids is 2. The van der Waals surface area contributed by atoms with E-state index < -0.39 is 31.5 Å². The minimum absolute atomic E-state index is 0.251. The van der Waals surface area contributed by atoms with Gasteiger partial charge in [-0.05, 0) is 18.1 Å². The third-order valence-corrected chi connectivity index (χ3v) is 4.88. The largest absolute Gasteiger partial charge is 0.832 e. The first kappa shape index (κ1) is 25.8. The summed E-state index contributed by atoms with van der Waals surface area (Å²) in [5.41, 5.74) is 0.502. The molecule has 0 aliphatic heterocycles. The molecule has 1 aromatic heterocycles. The molecule has 0 fully saturated rings. The maximum Gasteiger partial charge on any atom is 0.347 e. The Morgan fingerprint density at radius 2 is 1.39 bits per heavy atom. The van der Waals surface area contributed by atoms with E-state index in [-0.39, 0.29) is 11.1 Å². The first-order valence-corrected chi connectivity index (χ1v) is 10.3. The summed E-state index contributed by atoms with van der Waals surface area (Å²) in [4.78, 5) is 22.6. The van der Waals surface area contributed by atoms with Gasteiger partial charge in [0, 0.05) is 6.92 Å². The van der Waals surface area contributed by atoms with Crippen LogP contribution < -0.4 is 9.59 Å². The van der Waals surface area contributed by atoms with Crippen LogP contribution in [0.25, 0.3) is 0 Å². The molecule has 10 heteroatoms. The summed E-state index contributed by atoms with van der Waals surface area (Å²) in [5, 5.41) is 30.3. The average Bonchev–Trinajstić information content (AvgIpc) is 3.14. The Balaban J connectivity index is 0.000000357. The number of benzene rings is 2. The van der Waals surface area contributed by atoms with Gasteiger partial charge in [0.2, 0.25) is 0 Å². The summed E-state index contributed by atoms with van der Waals surface area (Å²) in [7, 11) is -0.228. The second-order valence-corrected chi connectivity index (χ2v) is 7.06. The second kappa shape index (κ2) is 12.5. The highest BCUT2D eigenvalue weighted by Crippen LogP contribution is 2.21. The van der Waals surface area contributed by atoms with E-state index in [4.69, 9.17) is 9.31 Å². The molecule has 3 rings (SSSR count). The molecule has 0 saturated heterocycles. The van der Waals surface area contributed by atoms with E-state index in [0.717, 1.165) is 6.54 Å². The fourth-order valence-corrected chi connectivity index (χ4v) is 3.00. The number of nitrogens with zero attached hydrogens (tertiary/aromatic N) is 2. The summed E-state index contributed by atoms with van der Waals surface area (Å²) >= 11 is 0. The Kier molecular flexibility index (Phi) is 9.80. The van der Waals surface area contributed by atoms with Crippen molar-refractivity contribution in [3.05, 3.63) is 90.0 Å². The Labute approximate surface area is 192 Å². The number of carboxylic acids is 2. The molecule has 0 saturated carbocycles. The summed E-state index contributed by atoms with van der Waals surface area (Å²) in [6.45, 7) is 5.32. The predicted molar refractivity (Wildman–Crippen MR) is 118 cm³/mol. The number of carboxylic acid groups (broad SMARTS) is 2. The maximum atomic E-state index is 11.9. The topological polar surface area (TPSA) is 125 Å². The molecule has 2 atom stereocenters. The van der Waals surface area contributed by atoms with E-state index in [2.05, 4.69) is 42.4 Å². The van der Waals surface area contributed by atoms with Crippen molar-refractivity contribution in [3.8, 4) is 0 Å². The van der Waals surface area contributed by atoms with Gasteiger partial charge in [0.05, 0.1) is 13.6 Å². The van der Waals surface area contributed by atoms with E-state index in [0.29, 0.717) is 0 Å². The van der Waals surface area contributed by atoms with Crippen molar-refractivity contribution < 1.29 is 38.7 Å². The van der Waals surface area contributed by atoms with Crippen molar-refractivity contribution in [2.24, 2.45) is 7.05 Å². The minimum atomic E-state index is -2.28. The van der Waals surface area contributed by atoms with Crippen LogP contribution in [-0.4, -0.2) is 34.0 Å². The third kappa shape index (κ3) is 7.57. The van der Waals surface area contributed by atoms with Crippen molar-refractivity contribution in [1.82, 2.24) is 4.57 Å². The SMILES string of the molecule is CCn1cc[n+](C)c1C.O=C(O)C(OB([O-])OC(C(=O)O)c1ccccc1)c1ccccc1. The van der Waals surface area contributed by atoms with Crippen LogP contribution in [0, 0.1) is 6.92 Å². The predicted octanol–water partition coefficient (Wildman–Crippen LogP) is 1.66. The van der Waals surface area contributed by atoms with Crippen LogP contribution in [0.1, 0.15) is 36.1 Å². The highest BCUT2D eigenvalue weighted by atomic mass is 16.7. The molecule has 174 valence electrons. The molecular formula is C23H27BN2O7. The lowest BCUT2D eigenvalue weighted by atomic mass is 10.1. The first-order chi connectivity index (χ1) is 15.7. The summed E-state index contributed by atoms with van der Waals surface area (Å²) in [5.74, 6) is -1.45. The van der Waals surface area contributed by atoms with Gasteiger partial charge in [-0.25, -0.2) is 18.7 Å². The van der Waals surface area contributed by atoms with Crippen LogP contribution in [0.15, 0.2) is 73.1 Å². The Morgan fingerprint density at radius 1 is 0.970 bits per heavy atom. The minimum Gasteiger partial charge on any atom is -0.832 e. The van der Waals surface area contributed by atoms with Crippen molar-refractivity contribution in [2.75, 3.05) is 0 Å². The molecule has 3 aromatic rings. The third-order valence-electron chi connectivity index (χ3n) is 4.88. The number of imidazole rings is 1. The lowest BCUT2D eigenvalue weighted by Crippen LogP contribution is -2.42. The molecule has 1 heterocycles. The van der Waals surface area contributed by atoms with Crippen LogP contribution in [-0.2, 0) is 32.5 Å². The number of hydrogen-bond donors (Lipinski definition) is 2. The highest BCUT2D eigenvalue weighted by molar-refractivity contribution is 6.33. The molecule has 33 heavy (non-hydrogen) atoms. The zero-order valence-electron chi connectivity index (χ0n) is 18.7. The molecular weight excluding hydrogens is 427 g/mol. The van der Waals surface area contributed by atoms with Gasteiger partial charge in [0.1, 0.15) is 12.4 Å². The molecule has 2 N–H and O–H groups in total. The molecule has 2 aromatic carbocycles. The number of rotatable bonds is 9. The van der Waals surface area contributed by atoms with E-state index >= 15 is 0 Å². The quantitative estimate of drug-likeness (QED) is 0.372. The number of carbonyl (C=O) groups is 2. The van der Waals surface area contributed by atoms with Crippen molar-refractivity contribution in [1.29, 1.82) is 0 Å². The molecule has 2 unspecified atom stereocenters. The molecule has 0 amide bonds. The van der Waals surface area contributed by atoms with Crippen molar-refractivity contribution in [2.45, 2.75) is 32.6 Å². The summed E-state index contributed by atoms with van der Waals surface area (Å²) < 4.78 is 14.0. The monoisotopic (exact) mass is 454 g/mol. The highest BCUT2D eigenvalue weighted by Gasteiger charge is 2.27. The van der Waals surface area contributed by atoms with Crippen molar-refractivity contribution in [3.63, 3.8) is 0 Å². The number of hydrogen-bond acceptors (Lipinski definition) is 5. The van der Waals surface area contributed by atoms with E-state index in [1.54, 1.807) is 36.4 Å². The first-order valence-electron chi connectivity index (χ1n) is 10.3. The molecule has 0 aliphatic rings. The van der Waals surface area contributed by atoms with Crippen molar-refractivity contribution >= 4 is 19.3 Å². The van der Waals surface area contributed by atoms with Gasteiger partial charge in [-0.2, -0.15) is 0 Å². The van der Waals surface area contributed by atoms with E-state index in [9.17, 15) is 24.8 Å². The Morgan fingerprint density at radius 3 is 1.67 bits per heavy atom. The standard InChI is InChI=1S/C16H14BO7.C7H13N2/c18-15(19)13(11-7-3-1-4-8-11)23-17(22)24-14(16(20)21)12-9-5-2-6-10-12;1-4-9-6-5-8(3)7(9)2/h1-10,13-14H,(H,18,19)(H,20,21);5-6H,4H2,1-3H3/q-1;+1. The number of aromatic nitrogens is 2. The van der Waals surface area contributed by atoms with Crippen LogP contribution in [0.5, 0.6) is 0 Å². The second-order valence-electron chi connectivity index (χ2n) is 7.06. The van der Waals surface area contributed by atoms with Gasteiger partial charge >= 0.3 is 19.3 Å². The zero-order chi connectivity index (χ0) is 24.4. The smallest absolute Gasteiger partial charge is 0.347 e. The summed E-state index contributed by atoms with van der Waals surface area (Å²) in [6, 6.07) is 15.7. The molecule has 0 bridgehead atoms. The van der Waals surface area contributed by atoms with Gasteiger partial charge in [-0.1, -0.05) is 60.7 Å². The zero-order valence-corrected chi connectivity index (χ0v) is 18.7. The van der Waals surface area contributed by atoms with Crippen LogP contribution in [0.4, 0.5) is 0 Å². The molecule has 0 radical (unpaired) electrons. The molecule has 0 aliphatic carbocycles. The van der Waals surface area contributed by atoms with E-state index in [1.807, 2.05) is 0 Å². The average molecular weight is 454 g/mol. The van der Waals surface area contributed by atoms with E-state index in [1.165, 1.54) is 30.1 Å². The maximum absolute atomic E-state index is 11.9. The molecule has 9 nitrogen and oxygen atoms in total. The van der Waals surface area contributed by atoms with Gasteiger partial charge in [0.25, 0.3) is 5.82 Å². The van der Waals surface area contributed by atoms with Crippen LogP contribution in [0.3, 0.4) is 0 Å². The van der Waals surface area contributed by atoms with Gasteiger partial charge in [-0.15, -0.1) is 0 Å². The fourth-order valence-electron chi connectivity index (χ4n) is 3.00. The van der Waals surface area contributed by atoms with Gasteiger partial charge in [-0.3, -0.25) is 0 Å². The van der Waals surface area contributed by atoms with Crippen LogP contribution >= 0.6 is 0 Å².